The summed E-state index contributed by atoms with van der Waals surface area (Å²) in [5.74, 6) is -0.0944. The monoisotopic (exact) mass is 592 g/mol. The summed E-state index contributed by atoms with van der Waals surface area (Å²) in [6.07, 6.45) is 1.06. The van der Waals surface area contributed by atoms with Crippen molar-refractivity contribution < 1.29 is 27.8 Å². The number of Topliss-reactive ketones (excluding diaryl/α,β-unsaturated/α-hetero) is 1. The number of likely N-dealkylation sites (tertiary alicyclic amines) is 1. The average Bonchev–Trinajstić information content (AvgIpc) is 2.87. The van der Waals surface area contributed by atoms with Crippen molar-refractivity contribution in [2.75, 3.05) is 13.2 Å². The van der Waals surface area contributed by atoms with Crippen molar-refractivity contribution >= 4 is 61.0 Å². The molecule has 1 heterocycles. The van der Waals surface area contributed by atoms with Crippen molar-refractivity contribution in [3.8, 4) is 0 Å². The number of ether oxygens (including phenoxy) is 2. The van der Waals surface area contributed by atoms with E-state index >= 15 is 0 Å². The van der Waals surface area contributed by atoms with Gasteiger partial charge in [0.05, 0.1) is 0 Å². The van der Waals surface area contributed by atoms with Gasteiger partial charge in [-0.2, -0.15) is 0 Å². The Bertz CT molecular complexity index is 440. The van der Waals surface area contributed by atoms with Gasteiger partial charge in [-0.15, -0.1) is 23.3 Å². The van der Waals surface area contributed by atoms with Gasteiger partial charge in [0.15, 0.2) is 0 Å². The number of ketones is 1. The Morgan fingerprint density at radius 3 is 2.48 bits per heavy atom. The zero-order valence-corrected chi connectivity index (χ0v) is 19.7. The Morgan fingerprint density at radius 1 is 1.32 bits per heavy atom. The third kappa shape index (κ3) is 7.49. The molecule has 2 fully saturated rings. The summed E-state index contributed by atoms with van der Waals surface area (Å²) in [5, 5.41) is 0. The van der Waals surface area contributed by atoms with Crippen molar-refractivity contribution in [2.24, 2.45) is 0 Å². The van der Waals surface area contributed by atoms with Gasteiger partial charge in [-0.3, -0.25) is 0 Å². The summed E-state index contributed by atoms with van der Waals surface area (Å²) in [6, 6.07) is -1.07. The van der Waals surface area contributed by atoms with Crippen LogP contribution in [0.5, 0.6) is 0 Å². The van der Waals surface area contributed by atoms with Crippen molar-refractivity contribution in [3.05, 3.63) is 0 Å². The smallest absolute Gasteiger partial charge is 0.207 e. The van der Waals surface area contributed by atoms with Crippen LogP contribution in [0.1, 0.15) is 39.0 Å². The minimum Gasteiger partial charge on any atom is -0.207 e. The molecule has 0 aromatic heterocycles. The summed E-state index contributed by atoms with van der Waals surface area (Å²) in [5.41, 5.74) is 0. The molecule has 1 aliphatic carbocycles. The molecule has 143 valence electrons. The van der Waals surface area contributed by atoms with Gasteiger partial charge < -0.3 is 0 Å². The van der Waals surface area contributed by atoms with E-state index in [1.807, 2.05) is 0 Å². The van der Waals surface area contributed by atoms with Crippen LogP contribution in [0.3, 0.4) is 0 Å². The first-order valence-electron chi connectivity index (χ1n) is 8.17. The summed E-state index contributed by atoms with van der Waals surface area (Å²) in [7, 11) is 0. The normalized spacial score (nSPS) is 29.4. The Morgan fingerprint density at radius 2 is 1.92 bits per heavy atom. The van der Waals surface area contributed by atoms with Crippen LogP contribution in [0.4, 0.5) is 13.6 Å². The summed E-state index contributed by atoms with van der Waals surface area (Å²) < 4.78 is 35.6. The Hall–Kier alpha value is 0.382. The fourth-order valence-electron chi connectivity index (χ4n) is 3.13. The number of alkyl halides is 2. The molecule has 0 aromatic rings. The van der Waals surface area contributed by atoms with E-state index in [1.54, 1.807) is 6.92 Å². The molecule has 1 saturated heterocycles. The molecule has 0 spiro atoms. The van der Waals surface area contributed by atoms with Gasteiger partial charge in [0.25, 0.3) is 0 Å². The number of carbonyl (C=O) groups is 2. The molecule has 5 nitrogen and oxygen atoms in total. The molecular weight excluding hydrogens is 567 g/mol. The maximum absolute atomic E-state index is 12.2. The van der Waals surface area contributed by atoms with E-state index in [4.69, 9.17) is 4.74 Å². The second-order valence-electron chi connectivity index (χ2n) is 6.22. The minimum absolute atomic E-state index is 0.0944. The second-order valence-corrected chi connectivity index (χ2v) is 9.39. The van der Waals surface area contributed by atoms with E-state index in [1.165, 1.54) is 30.7 Å². The molecule has 1 amide bonds. The molecule has 3 radical (unpaired) electrons. The predicted octanol–water partition coefficient (Wildman–Crippen LogP) is 3.10. The first-order valence-corrected chi connectivity index (χ1v) is 12.0. The van der Waals surface area contributed by atoms with E-state index in [-0.39, 0.29) is 31.0 Å². The second kappa shape index (κ2) is 12.0. The summed E-state index contributed by atoms with van der Waals surface area (Å²) >= 11 is 7.64. The van der Waals surface area contributed by atoms with E-state index in [0.717, 1.165) is 29.2 Å². The van der Waals surface area contributed by atoms with Crippen LogP contribution in [0.15, 0.2) is 0 Å². The van der Waals surface area contributed by atoms with E-state index < -0.39 is 25.2 Å². The van der Waals surface area contributed by atoms with Gasteiger partial charge in [-0.25, -0.2) is 8.78 Å². The number of thiol groups is 2. The fourth-order valence-corrected chi connectivity index (χ4v) is 4.43. The Labute approximate surface area is 173 Å². The number of carbonyl (C=O) groups excluding carboxylic acids is 2. The average molecular weight is 592 g/mol. The third-order valence-corrected chi connectivity index (χ3v) is 6.63. The molecule has 0 bridgehead atoms. The molecule has 2 atom stereocenters. The van der Waals surface area contributed by atoms with Crippen LogP contribution in [0.25, 0.3) is 0 Å². The van der Waals surface area contributed by atoms with Gasteiger partial charge >= 0.3 is 142 Å². The molecular formula is C15H24F2NO4PbS2. The molecule has 25 heavy (non-hydrogen) atoms. The van der Waals surface area contributed by atoms with Crippen LogP contribution in [0.2, 0.25) is 3.48 Å². The van der Waals surface area contributed by atoms with Crippen molar-refractivity contribution in [2.45, 2.75) is 67.1 Å². The van der Waals surface area contributed by atoms with Crippen LogP contribution in [0, 0.1) is 0 Å². The molecule has 1 aliphatic heterocycles. The number of nitrogens with zero attached hydrogens (tertiary/aromatic N) is 1. The van der Waals surface area contributed by atoms with E-state index in [0.29, 0.717) is 0 Å². The van der Waals surface area contributed by atoms with Gasteiger partial charge in [0, 0.05) is 0 Å². The molecule has 2 aliphatic rings. The SMILES string of the molecule is CC1CC(=O)C(COC2CC[CH]([Pb])CC2)N1C(=O)OCC(F)F.SS. The maximum atomic E-state index is 12.2. The topological polar surface area (TPSA) is 55.8 Å². The zero-order chi connectivity index (χ0) is 19.0. The zero-order valence-electron chi connectivity index (χ0n) is 14.1. The quantitative estimate of drug-likeness (QED) is 0.293. The van der Waals surface area contributed by atoms with Crippen molar-refractivity contribution in [1.82, 2.24) is 4.90 Å². The van der Waals surface area contributed by atoms with Crippen molar-refractivity contribution in [3.63, 3.8) is 0 Å². The number of hydrogen-bond acceptors (Lipinski definition) is 6. The van der Waals surface area contributed by atoms with Crippen LogP contribution >= 0.6 is 23.3 Å². The standard InChI is InChI=1S/C15H22F2NO4.Pb.H2S2/c1-10-7-13(19)12(8-21-11-5-3-2-4-6-11)18(10)15(20)22-9-14(16)17;;1-2/h2,10-12,14H,3-9H2,1H3;;1-2H. The fraction of sp³-hybridized carbons (Fsp3) is 0.867. The number of amides is 1. The van der Waals surface area contributed by atoms with Crippen LogP contribution in [-0.2, 0) is 14.3 Å². The van der Waals surface area contributed by atoms with E-state index in [2.05, 4.69) is 28.1 Å². The number of halogens is 2. The minimum atomic E-state index is -2.71. The Balaban J connectivity index is 0.00000151. The van der Waals surface area contributed by atoms with Gasteiger partial charge in [0.1, 0.15) is 0 Å². The molecule has 0 aromatic carbocycles. The van der Waals surface area contributed by atoms with Crippen molar-refractivity contribution in [1.29, 1.82) is 0 Å². The van der Waals surface area contributed by atoms with Gasteiger partial charge in [-0.05, 0) is 0 Å². The number of hydrogen-bond donors (Lipinski definition) is 2. The van der Waals surface area contributed by atoms with Gasteiger partial charge in [-0.1, -0.05) is 0 Å². The summed E-state index contributed by atoms with van der Waals surface area (Å²) in [4.78, 5) is 25.3. The van der Waals surface area contributed by atoms with E-state index in [9.17, 15) is 18.4 Å². The first kappa shape index (κ1) is 23.4. The molecule has 2 rings (SSSR count). The first-order chi connectivity index (χ1) is 11.9. The van der Waals surface area contributed by atoms with Crippen LogP contribution < -0.4 is 0 Å². The third-order valence-electron chi connectivity index (χ3n) is 4.39. The molecule has 0 N–H and O–H groups in total. The Kier molecular flexibility index (Phi) is 11.2. The van der Waals surface area contributed by atoms with Gasteiger partial charge in [0.2, 0.25) is 0 Å². The van der Waals surface area contributed by atoms with Crippen LogP contribution in [-0.4, -0.2) is 80.4 Å². The molecule has 2 unspecified atom stereocenters. The number of rotatable bonds is 5. The summed E-state index contributed by atoms with van der Waals surface area (Å²) in [6.45, 7) is 0.895. The molecule has 10 heteroatoms. The predicted molar refractivity (Wildman–Crippen MR) is 97.7 cm³/mol. The molecule has 1 saturated carbocycles.